The summed E-state index contributed by atoms with van der Waals surface area (Å²) in [6.07, 6.45) is 13.7. The lowest BCUT2D eigenvalue weighted by atomic mass is 9.96. The Morgan fingerprint density at radius 3 is 2.74 bits per heavy atom. The Morgan fingerprint density at radius 2 is 1.95 bits per heavy atom. The number of rotatable bonds is 3. The number of hydrogen-bond donors (Lipinski definition) is 0. The highest BCUT2D eigenvalue weighted by Crippen LogP contribution is 2.23. The van der Waals surface area contributed by atoms with Gasteiger partial charge in [-0.15, -0.1) is 0 Å². The molecule has 1 heterocycles. The van der Waals surface area contributed by atoms with Gasteiger partial charge in [0.15, 0.2) is 5.82 Å². The van der Waals surface area contributed by atoms with Crippen molar-refractivity contribution in [3.8, 4) is 0 Å². The smallest absolute Gasteiger partial charge is 0.151 e. The minimum absolute atomic E-state index is 0.549. The highest BCUT2D eigenvalue weighted by molar-refractivity contribution is 5.75. The van der Waals surface area contributed by atoms with Gasteiger partial charge in [-0.2, -0.15) is 0 Å². The summed E-state index contributed by atoms with van der Waals surface area (Å²) in [5.74, 6) is 1.10. The van der Waals surface area contributed by atoms with Crippen molar-refractivity contribution in [1.29, 1.82) is 0 Å². The summed E-state index contributed by atoms with van der Waals surface area (Å²) in [4.78, 5) is 9.62. The molecule has 0 aliphatic heterocycles. The van der Waals surface area contributed by atoms with Crippen LogP contribution in [0.15, 0.2) is 4.99 Å². The molecule has 2 aliphatic carbocycles. The van der Waals surface area contributed by atoms with Gasteiger partial charge in [0.05, 0.1) is 18.0 Å². The van der Waals surface area contributed by atoms with Crippen LogP contribution in [0.25, 0.3) is 0 Å². The topological polar surface area (TPSA) is 30.2 Å². The maximum Gasteiger partial charge on any atom is 0.151 e. The first kappa shape index (κ1) is 12.9. The van der Waals surface area contributed by atoms with Crippen LogP contribution in [0.1, 0.15) is 69.1 Å². The van der Waals surface area contributed by atoms with E-state index in [9.17, 15) is 0 Å². The molecule has 1 aromatic rings. The molecule has 1 saturated carbocycles. The van der Waals surface area contributed by atoms with Gasteiger partial charge < -0.3 is 4.57 Å². The number of imidazole rings is 1. The fourth-order valence-electron chi connectivity index (χ4n) is 3.48. The summed E-state index contributed by atoms with van der Waals surface area (Å²) in [6.45, 7) is 3.24. The Labute approximate surface area is 116 Å². The van der Waals surface area contributed by atoms with Gasteiger partial charge in [-0.3, -0.25) is 4.99 Å². The second kappa shape index (κ2) is 5.89. The lowest BCUT2D eigenvalue weighted by molar-refractivity contribution is 0.444. The fraction of sp³-hybridized carbons (Fsp3) is 0.750. The molecule has 3 nitrogen and oxygen atoms in total. The highest BCUT2D eigenvalue weighted by Gasteiger charge is 2.18. The van der Waals surface area contributed by atoms with Gasteiger partial charge in [-0.05, 0) is 45.4 Å². The van der Waals surface area contributed by atoms with E-state index in [0.717, 1.165) is 18.8 Å². The fourth-order valence-corrected chi connectivity index (χ4v) is 3.48. The zero-order valence-corrected chi connectivity index (χ0v) is 12.1. The Kier molecular flexibility index (Phi) is 4.00. The molecule has 3 rings (SSSR count). The van der Waals surface area contributed by atoms with E-state index in [-0.39, 0.29) is 0 Å². The van der Waals surface area contributed by atoms with Crippen molar-refractivity contribution < 1.29 is 0 Å². The van der Waals surface area contributed by atoms with Gasteiger partial charge in [0.1, 0.15) is 0 Å². The summed E-state index contributed by atoms with van der Waals surface area (Å²) in [5, 5.41) is 0. The zero-order valence-electron chi connectivity index (χ0n) is 12.1. The largest absolute Gasteiger partial charge is 0.327 e. The van der Waals surface area contributed by atoms with E-state index in [2.05, 4.69) is 17.7 Å². The molecule has 0 saturated heterocycles. The predicted molar refractivity (Wildman–Crippen MR) is 79.0 cm³/mol. The molecular formula is C16H25N3. The van der Waals surface area contributed by atoms with Gasteiger partial charge in [0.2, 0.25) is 0 Å². The quantitative estimate of drug-likeness (QED) is 0.764. The molecule has 1 aromatic heterocycles. The molecule has 19 heavy (non-hydrogen) atoms. The molecule has 3 heteroatoms. The van der Waals surface area contributed by atoms with Crippen molar-refractivity contribution in [2.45, 2.75) is 77.3 Å². The molecule has 104 valence electrons. The molecule has 0 aromatic carbocycles. The normalized spacial score (nSPS) is 20.9. The third-order valence-corrected chi connectivity index (χ3v) is 4.55. The summed E-state index contributed by atoms with van der Waals surface area (Å²) in [6, 6.07) is 0.549. The third-order valence-electron chi connectivity index (χ3n) is 4.55. The molecule has 0 amide bonds. The van der Waals surface area contributed by atoms with Gasteiger partial charge in [-0.1, -0.05) is 19.3 Å². The number of hydrogen-bond acceptors (Lipinski definition) is 2. The van der Waals surface area contributed by atoms with E-state index in [0.29, 0.717) is 6.04 Å². The number of aryl methyl sites for hydroxylation is 1. The van der Waals surface area contributed by atoms with E-state index in [1.165, 1.54) is 62.8 Å². The van der Waals surface area contributed by atoms with Crippen molar-refractivity contribution in [3.63, 3.8) is 0 Å². The van der Waals surface area contributed by atoms with E-state index in [1.807, 2.05) is 0 Å². The second-order valence-electron chi connectivity index (χ2n) is 5.88. The summed E-state index contributed by atoms with van der Waals surface area (Å²) in [7, 11) is 0. The van der Waals surface area contributed by atoms with Gasteiger partial charge in [-0.25, -0.2) is 4.98 Å². The van der Waals surface area contributed by atoms with Crippen molar-refractivity contribution in [2.75, 3.05) is 0 Å². The van der Waals surface area contributed by atoms with Crippen LogP contribution in [0.4, 0.5) is 0 Å². The first-order chi connectivity index (χ1) is 9.38. The predicted octanol–water partition coefficient (Wildman–Crippen LogP) is 3.53. The van der Waals surface area contributed by atoms with E-state index < -0.39 is 0 Å². The van der Waals surface area contributed by atoms with E-state index in [1.54, 1.807) is 0 Å². The van der Waals surface area contributed by atoms with E-state index in [4.69, 9.17) is 9.98 Å². The number of fused-ring (bicyclic) bond motifs is 1. The number of aliphatic imine (C=N–C) groups is 1. The summed E-state index contributed by atoms with van der Waals surface area (Å²) < 4.78 is 2.38. The molecule has 1 fully saturated rings. The lowest BCUT2D eigenvalue weighted by Gasteiger charge is -2.17. The Balaban J connectivity index is 1.79. The maximum absolute atomic E-state index is 4.82. The SMILES string of the molecule is CCn1c(C=NC2CCCCC2)nc2c1CCCC2. The highest BCUT2D eigenvalue weighted by atomic mass is 15.1. The summed E-state index contributed by atoms with van der Waals surface area (Å²) >= 11 is 0. The first-order valence-corrected chi connectivity index (χ1v) is 8.00. The Bertz CT molecular complexity index is 453. The van der Waals surface area contributed by atoms with Crippen LogP contribution in [0.5, 0.6) is 0 Å². The van der Waals surface area contributed by atoms with Gasteiger partial charge >= 0.3 is 0 Å². The van der Waals surface area contributed by atoms with Gasteiger partial charge in [0.25, 0.3) is 0 Å². The van der Waals surface area contributed by atoms with Crippen LogP contribution in [0.2, 0.25) is 0 Å². The second-order valence-corrected chi connectivity index (χ2v) is 5.88. The van der Waals surface area contributed by atoms with Crippen LogP contribution < -0.4 is 0 Å². The molecular weight excluding hydrogens is 234 g/mol. The minimum atomic E-state index is 0.549. The average Bonchev–Trinajstić information content (AvgIpc) is 2.83. The van der Waals surface area contributed by atoms with E-state index >= 15 is 0 Å². The Morgan fingerprint density at radius 1 is 1.16 bits per heavy atom. The van der Waals surface area contributed by atoms with Crippen molar-refractivity contribution >= 4 is 6.21 Å². The zero-order chi connectivity index (χ0) is 13.1. The molecule has 0 radical (unpaired) electrons. The van der Waals surface area contributed by atoms with Crippen molar-refractivity contribution in [3.05, 3.63) is 17.2 Å². The molecule has 0 bridgehead atoms. The van der Waals surface area contributed by atoms with Crippen LogP contribution in [0, 0.1) is 0 Å². The molecule has 0 atom stereocenters. The van der Waals surface area contributed by atoms with Crippen LogP contribution >= 0.6 is 0 Å². The minimum Gasteiger partial charge on any atom is -0.327 e. The summed E-state index contributed by atoms with van der Waals surface area (Å²) in [5.41, 5.74) is 2.80. The molecule has 0 N–H and O–H groups in total. The van der Waals surface area contributed by atoms with Crippen molar-refractivity contribution in [1.82, 2.24) is 9.55 Å². The monoisotopic (exact) mass is 259 g/mol. The third kappa shape index (κ3) is 2.75. The van der Waals surface area contributed by atoms with Crippen molar-refractivity contribution in [2.24, 2.45) is 4.99 Å². The Hall–Kier alpha value is -1.12. The van der Waals surface area contributed by atoms with Gasteiger partial charge in [0, 0.05) is 12.2 Å². The van der Waals surface area contributed by atoms with Crippen LogP contribution in [-0.2, 0) is 19.4 Å². The molecule has 2 aliphatic rings. The average molecular weight is 259 g/mol. The molecule has 0 unspecified atom stereocenters. The van der Waals surface area contributed by atoms with Crippen LogP contribution in [-0.4, -0.2) is 21.8 Å². The standard InChI is InChI=1S/C16H25N3/c1-2-19-15-11-7-6-10-14(15)18-16(19)12-17-13-8-4-3-5-9-13/h12-13H,2-11H2,1H3. The number of aromatic nitrogens is 2. The number of nitrogens with zero attached hydrogens (tertiary/aromatic N) is 3. The first-order valence-electron chi connectivity index (χ1n) is 8.00. The molecule has 0 spiro atoms. The van der Waals surface area contributed by atoms with Crippen LogP contribution in [0.3, 0.4) is 0 Å². The maximum atomic E-state index is 4.82. The lowest BCUT2D eigenvalue weighted by Crippen LogP contribution is -2.12.